The van der Waals surface area contributed by atoms with Crippen LogP contribution in [0.1, 0.15) is 50.2 Å². The molecule has 0 radical (unpaired) electrons. The third kappa shape index (κ3) is 5.56. The van der Waals surface area contributed by atoms with E-state index < -0.39 is 0 Å². The Morgan fingerprint density at radius 2 is 2.08 bits per heavy atom. The van der Waals surface area contributed by atoms with Crippen molar-refractivity contribution in [3.05, 3.63) is 22.4 Å². The molecule has 26 heavy (non-hydrogen) atoms. The Balaban J connectivity index is 1.98. The summed E-state index contributed by atoms with van der Waals surface area (Å²) >= 11 is 1.42. The monoisotopic (exact) mass is 379 g/mol. The zero-order valence-corrected chi connectivity index (χ0v) is 16.9. The van der Waals surface area contributed by atoms with Crippen molar-refractivity contribution in [2.24, 2.45) is 5.92 Å². The average molecular weight is 380 g/mol. The van der Waals surface area contributed by atoms with Gasteiger partial charge in [-0.1, -0.05) is 6.07 Å². The first-order valence-electron chi connectivity index (χ1n) is 9.14. The fraction of sp³-hybridized carbons (Fsp3) is 0.632. The van der Waals surface area contributed by atoms with E-state index in [1.54, 1.807) is 9.80 Å². The van der Waals surface area contributed by atoms with Crippen molar-refractivity contribution in [2.45, 2.75) is 46.1 Å². The number of rotatable bonds is 5. The zero-order valence-electron chi connectivity index (χ0n) is 16.1. The Labute approximate surface area is 159 Å². The van der Waals surface area contributed by atoms with E-state index in [4.69, 9.17) is 0 Å². The van der Waals surface area contributed by atoms with Crippen LogP contribution in [0.2, 0.25) is 0 Å². The largest absolute Gasteiger partial charge is 0.350 e. The second kappa shape index (κ2) is 8.66. The topological polar surface area (TPSA) is 69.7 Å². The first-order valence-corrected chi connectivity index (χ1v) is 10.0. The van der Waals surface area contributed by atoms with Gasteiger partial charge in [-0.15, -0.1) is 11.3 Å². The molecule has 1 fully saturated rings. The second-order valence-electron chi connectivity index (χ2n) is 7.72. The second-order valence-corrected chi connectivity index (χ2v) is 8.67. The summed E-state index contributed by atoms with van der Waals surface area (Å²) in [6.07, 6.45) is 1.56. The number of hydrogen-bond acceptors (Lipinski definition) is 4. The molecular formula is C19H29N3O3S. The summed E-state index contributed by atoms with van der Waals surface area (Å²) in [7, 11) is 0. The minimum absolute atomic E-state index is 0.00831. The number of piperidine rings is 1. The lowest BCUT2D eigenvalue weighted by atomic mass is 9.96. The number of hydrogen-bond donors (Lipinski definition) is 1. The maximum Gasteiger partial charge on any atom is 0.263 e. The van der Waals surface area contributed by atoms with Crippen LogP contribution in [0.5, 0.6) is 0 Å². The maximum absolute atomic E-state index is 12.9. The predicted molar refractivity (Wildman–Crippen MR) is 103 cm³/mol. The molecule has 1 atom stereocenters. The molecular weight excluding hydrogens is 350 g/mol. The lowest BCUT2D eigenvalue weighted by Gasteiger charge is -2.34. The molecule has 1 N–H and O–H groups in total. The molecule has 1 aromatic rings. The van der Waals surface area contributed by atoms with E-state index in [1.165, 1.54) is 11.3 Å². The Morgan fingerprint density at radius 3 is 2.65 bits per heavy atom. The normalized spacial score (nSPS) is 17.7. The molecule has 0 unspecified atom stereocenters. The first-order chi connectivity index (χ1) is 12.2. The lowest BCUT2D eigenvalue weighted by Crippen LogP contribution is -2.51. The quantitative estimate of drug-likeness (QED) is 0.854. The summed E-state index contributed by atoms with van der Waals surface area (Å²) in [6.45, 7) is 9.26. The minimum Gasteiger partial charge on any atom is -0.350 e. The number of nitrogens with zero attached hydrogens (tertiary/aromatic N) is 2. The lowest BCUT2D eigenvalue weighted by molar-refractivity contribution is -0.140. The molecule has 6 nitrogen and oxygen atoms in total. The van der Waals surface area contributed by atoms with Gasteiger partial charge < -0.3 is 15.1 Å². The van der Waals surface area contributed by atoms with Gasteiger partial charge >= 0.3 is 0 Å². The predicted octanol–water partition coefficient (Wildman–Crippen LogP) is 2.36. The average Bonchev–Trinajstić information content (AvgIpc) is 3.11. The molecule has 3 amide bonds. The Hall–Kier alpha value is -1.89. The van der Waals surface area contributed by atoms with Gasteiger partial charge in [0.2, 0.25) is 11.8 Å². The van der Waals surface area contributed by atoms with Crippen LogP contribution in [0, 0.1) is 5.92 Å². The van der Waals surface area contributed by atoms with Gasteiger partial charge in [0.1, 0.15) is 0 Å². The maximum atomic E-state index is 12.9. The van der Waals surface area contributed by atoms with E-state index in [1.807, 2.05) is 45.2 Å². The van der Waals surface area contributed by atoms with Crippen molar-refractivity contribution in [1.29, 1.82) is 0 Å². The van der Waals surface area contributed by atoms with E-state index in [9.17, 15) is 14.4 Å². The summed E-state index contributed by atoms with van der Waals surface area (Å²) in [4.78, 5) is 41.7. The number of amides is 3. The Bertz CT molecular complexity index is 637. The highest BCUT2D eigenvalue weighted by atomic mass is 32.1. The molecule has 0 aromatic carbocycles. The molecule has 2 rings (SSSR count). The van der Waals surface area contributed by atoms with Crippen molar-refractivity contribution in [1.82, 2.24) is 15.1 Å². The van der Waals surface area contributed by atoms with Gasteiger partial charge in [0, 0.05) is 25.2 Å². The van der Waals surface area contributed by atoms with Crippen LogP contribution in [0.3, 0.4) is 0 Å². The fourth-order valence-electron chi connectivity index (χ4n) is 3.15. The molecule has 0 saturated carbocycles. The van der Waals surface area contributed by atoms with E-state index in [0.717, 1.165) is 12.8 Å². The Morgan fingerprint density at radius 1 is 1.35 bits per heavy atom. The smallest absolute Gasteiger partial charge is 0.263 e. The highest BCUT2D eigenvalue weighted by molar-refractivity contribution is 7.12. The molecule has 1 aliphatic heterocycles. The van der Waals surface area contributed by atoms with Crippen molar-refractivity contribution < 1.29 is 14.4 Å². The number of nitrogens with one attached hydrogen (secondary N) is 1. The first kappa shape index (κ1) is 20.4. The molecule has 1 aliphatic rings. The number of likely N-dealkylation sites (N-methyl/N-ethyl adjacent to an activating group) is 1. The third-order valence-electron chi connectivity index (χ3n) is 4.33. The zero-order chi connectivity index (χ0) is 19.3. The Kier molecular flexibility index (Phi) is 6.81. The van der Waals surface area contributed by atoms with E-state index in [0.29, 0.717) is 24.5 Å². The molecule has 0 bridgehead atoms. The molecule has 7 heteroatoms. The summed E-state index contributed by atoms with van der Waals surface area (Å²) in [5.41, 5.74) is -0.325. The highest BCUT2D eigenvalue weighted by Gasteiger charge is 2.32. The van der Waals surface area contributed by atoms with Gasteiger partial charge in [-0.3, -0.25) is 14.4 Å². The van der Waals surface area contributed by atoms with Gasteiger partial charge in [-0.25, -0.2) is 0 Å². The third-order valence-corrected chi connectivity index (χ3v) is 5.19. The van der Waals surface area contributed by atoms with E-state index >= 15 is 0 Å². The van der Waals surface area contributed by atoms with Crippen molar-refractivity contribution >= 4 is 29.1 Å². The van der Waals surface area contributed by atoms with Crippen LogP contribution in [-0.2, 0) is 9.59 Å². The summed E-state index contributed by atoms with van der Waals surface area (Å²) in [5.74, 6) is -0.448. The van der Waals surface area contributed by atoms with Gasteiger partial charge in [-0.2, -0.15) is 0 Å². The van der Waals surface area contributed by atoms with Gasteiger partial charge in [0.25, 0.3) is 5.91 Å². The molecule has 0 spiro atoms. The molecule has 0 aliphatic carbocycles. The van der Waals surface area contributed by atoms with Gasteiger partial charge in [-0.05, 0) is 52.0 Å². The number of thiophene rings is 1. The van der Waals surface area contributed by atoms with Crippen LogP contribution in [0.25, 0.3) is 0 Å². The standard InChI is InChI=1S/C19H29N3O3S/c1-5-21(13-16(23)20-19(2,3)4)17(24)14-8-6-10-22(12-14)18(25)15-9-7-11-26-15/h7,9,11,14H,5-6,8,10,12-13H2,1-4H3,(H,20,23)/t14-/m0/s1. The summed E-state index contributed by atoms with van der Waals surface area (Å²) < 4.78 is 0. The van der Waals surface area contributed by atoms with Crippen molar-refractivity contribution in [2.75, 3.05) is 26.2 Å². The number of carbonyl (C=O) groups excluding carboxylic acids is 3. The summed E-state index contributed by atoms with van der Waals surface area (Å²) in [6, 6.07) is 3.67. The number of likely N-dealkylation sites (tertiary alicyclic amines) is 1. The van der Waals surface area contributed by atoms with Crippen molar-refractivity contribution in [3.63, 3.8) is 0 Å². The van der Waals surface area contributed by atoms with E-state index in [2.05, 4.69) is 5.32 Å². The van der Waals surface area contributed by atoms with Crippen LogP contribution in [0.15, 0.2) is 17.5 Å². The highest BCUT2D eigenvalue weighted by Crippen LogP contribution is 2.22. The van der Waals surface area contributed by atoms with Crippen LogP contribution in [-0.4, -0.2) is 59.2 Å². The van der Waals surface area contributed by atoms with Crippen LogP contribution >= 0.6 is 11.3 Å². The molecule has 2 heterocycles. The van der Waals surface area contributed by atoms with Crippen LogP contribution < -0.4 is 5.32 Å². The minimum atomic E-state index is -0.325. The SMILES string of the molecule is CCN(CC(=O)NC(C)(C)C)C(=O)[C@H]1CCCN(C(=O)c2cccs2)C1. The molecule has 1 saturated heterocycles. The van der Waals surface area contributed by atoms with E-state index in [-0.39, 0.29) is 35.7 Å². The van der Waals surface area contributed by atoms with Gasteiger partial charge in [0.15, 0.2) is 0 Å². The van der Waals surface area contributed by atoms with Gasteiger partial charge in [0.05, 0.1) is 17.3 Å². The summed E-state index contributed by atoms with van der Waals surface area (Å²) in [5, 5.41) is 4.77. The number of carbonyl (C=O) groups is 3. The van der Waals surface area contributed by atoms with Crippen LogP contribution in [0.4, 0.5) is 0 Å². The fourth-order valence-corrected chi connectivity index (χ4v) is 3.84. The molecule has 144 valence electrons. The molecule has 1 aromatic heterocycles. The van der Waals surface area contributed by atoms with Crippen molar-refractivity contribution in [3.8, 4) is 0 Å².